The van der Waals surface area contributed by atoms with Crippen molar-refractivity contribution in [2.75, 3.05) is 11.9 Å². The summed E-state index contributed by atoms with van der Waals surface area (Å²) in [5, 5.41) is 5.58. The molecule has 1 aliphatic rings. The van der Waals surface area contributed by atoms with Gasteiger partial charge in [-0.05, 0) is 47.0 Å². The molecule has 3 rings (SSSR count). The molecule has 1 fully saturated rings. The molecule has 1 aliphatic heterocycles. The van der Waals surface area contributed by atoms with Crippen LogP contribution in [0.25, 0.3) is 0 Å². The third kappa shape index (κ3) is 3.57. The van der Waals surface area contributed by atoms with Crippen molar-refractivity contribution < 1.29 is 9.59 Å². The molecule has 5 nitrogen and oxygen atoms in total. The molecule has 0 spiro atoms. The fourth-order valence-corrected chi connectivity index (χ4v) is 3.69. The lowest BCUT2D eigenvalue weighted by Crippen LogP contribution is -2.43. The highest BCUT2D eigenvalue weighted by Crippen LogP contribution is 2.27. The summed E-state index contributed by atoms with van der Waals surface area (Å²) in [6.07, 6.45) is 3.06. The number of nitrogens with one attached hydrogen (secondary N) is 1. The van der Waals surface area contributed by atoms with E-state index in [9.17, 15) is 9.59 Å². The van der Waals surface area contributed by atoms with E-state index >= 15 is 0 Å². The van der Waals surface area contributed by atoms with Crippen LogP contribution in [0.1, 0.15) is 23.2 Å². The molecule has 1 unspecified atom stereocenters. The van der Waals surface area contributed by atoms with Gasteiger partial charge in [0.25, 0.3) is 5.91 Å². The fraction of sp³-hybridized carbons (Fsp3) is 0.267. The summed E-state index contributed by atoms with van der Waals surface area (Å²) in [7, 11) is 0. The molecule has 23 heavy (non-hydrogen) atoms. The Morgan fingerprint density at radius 1 is 1.43 bits per heavy atom. The molecule has 8 heteroatoms. The summed E-state index contributed by atoms with van der Waals surface area (Å²) in [5.74, 6) is -0.403. The highest BCUT2D eigenvalue weighted by molar-refractivity contribution is 9.10. The molecular weight excluding hydrogens is 402 g/mol. The maximum atomic E-state index is 12.8. The first-order chi connectivity index (χ1) is 11.1. The van der Waals surface area contributed by atoms with Crippen LogP contribution in [-0.2, 0) is 4.79 Å². The zero-order valence-electron chi connectivity index (χ0n) is 12.0. The summed E-state index contributed by atoms with van der Waals surface area (Å²) < 4.78 is 0.665. The first-order valence-corrected chi connectivity index (χ1v) is 9.07. The number of likely N-dealkylation sites (tertiary alicyclic amines) is 1. The second-order valence-electron chi connectivity index (χ2n) is 5.11. The number of anilines is 1. The summed E-state index contributed by atoms with van der Waals surface area (Å²) in [5.41, 5.74) is 0.464. The van der Waals surface area contributed by atoms with E-state index in [-0.39, 0.29) is 11.8 Å². The van der Waals surface area contributed by atoms with Gasteiger partial charge in [0.1, 0.15) is 6.04 Å². The van der Waals surface area contributed by atoms with Gasteiger partial charge in [0.2, 0.25) is 5.91 Å². The van der Waals surface area contributed by atoms with E-state index < -0.39 is 6.04 Å². The van der Waals surface area contributed by atoms with Gasteiger partial charge in [-0.1, -0.05) is 11.6 Å². The molecule has 1 saturated heterocycles. The van der Waals surface area contributed by atoms with Crippen molar-refractivity contribution in [1.29, 1.82) is 0 Å². The molecule has 120 valence electrons. The average Bonchev–Trinajstić information content (AvgIpc) is 3.20. The predicted molar refractivity (Wildman–Crippen MR) is 94.0 cm³/mol. The zero-order valence-corrected chi connectivity index (χ0v) is 15.1. The van der Waals surface area contributed by atoms with Crippen LogP contribution in [-0.4, -0.2) is 34.3 Å². The van der Waals surface area contributed by atoms with E-state index in [0.717, 1.165) is 6.42 Å². The number of thiazole rings is 1. The molecule has 0 saturated carbocycles. The van der Waals surface area contributed by atoms with Crippen LogP contribution in [0.3, 0.4) is 0 Å². The molecule has 1 N–H and O–H groups in total. The smallest absolute Gasteiger partial charge is 0.255 e. The second-order valence-corrected chi connectivity index (χ2v) is 7.29. The lowest BCUT2D eigenvalue weighted by molar-refractivity contribution is -0.119. The Morgan fingerprint density at radius 2 is 2.26 bits per heavy atom. The van der Waals surface area contributed by atoms with Gasteiger partial charge in [0.15, 0.2) is 5.13 Å². The number of nitrogens with zero attached hydrogens (tertiary/aromatic N) is 2. The number of aromatic nitrogens is 1. The number of carbonyl (C=O) groups excluding carboxylic acids is 2. The number of carbonyl (C=O) groups is 2. The Bertz CT molecular complexity index is 738. The minimum absolute atomic E-state index is 0.198. The highest BCUT2D eigenvalue weighted by Gasteiger charge is 2.35. The van der Waals surface area contributed by atoms with Crippen LogP contribution < -0.4 is 5.32 Å². The summed E-state index contributed by atoms with van der Waals surface area (Å²) >= 11 is 10.7. The van der Waals surface area contributed by atoms with Gasteiger partial charge in [-0.3, -0.25) is 9.59 Å². The molecular formula is C15H13BrClN3O2S. The summed E-state index contributed by atoms with van der Waals surface area (Å²) in [6.45, 7) is 0.549. The van der Waals surface area contributed by atoms with Crippen molar-refractivity contribution in [3.63, 3.8) is 0 Å². The molecule has 0 radical (unpaired) electrons. The fourth-order valence-electron chi connectivity index (χ4n) is 2.57. The van der Waals surface area contributed by atoms with Crippen LogP contribution in [0.2, 0.25) is 5.02 Å². The topological polar surface area (TPSA) is 62.3 Å². The van der Waals surface area contributed by atoms with Gasteiger partial charge in [0.05, 0.1) is 5.56 Å². The molecule has 1 aromatic heterocycles. The molecule has 0 aliphatic carbocycles. The quantitative estimate of drug-likeness (QED) is 0.831. The second kappa shape index (κ2) is 6.98. The van der Waals surface area contributed by atoms with Crippen molar-refractivity contribution >= 4 is 55.8 Å². The summed E-state index contributed by atoms with van der Waals surface area (Å²) in [6, 6.07) is 4.56. The van der Waals surface area contributed by atoms with Crippen molar-refractivity contribution in [3.05, 3.63) is 44.8 Å². The largest absolute Gasteiger partial charge is 0.327 e. The van der Waals surface area contributed by atoms with Gasteiger partial charge in [-0.15, -0.1) is 11.3 Å². The Labute approximate surface area is 150 Å². The first-order valence-electron chi connectivity index (χ1n) is 7.02. The van der Waals surface area contributed by atoms with E-state index in [1.54, 1.807) is 34.7 Å². The van der Waals surface area contributed by atoms with Crippen LogP contribution in [0.15, 0.2) is 34.2 Å². The number of hydrogen-bond acceptors (Lipinski definition) is 4. The predicted octanol–water partition coefficient (Wildman–Crippen LogP) is 3.80. The Morgan fingerprint density at radius 3 is 3.00 bits per heavy atom. The SMILES string of the molecule is O=C(Nc1nccs1)C1CCCN1C(=O)c1cc(Cl)ccc1Br. The van der Waals surface area contributed by atoms with Crippen LogP contribution in [0.5, 0.6) is 0 Å². The molecule has 2 heterocycles. The monoisotopic (exact) mass is 413 g/mol. The van der Waals surface area contributed by atoms with Crippen LogP contribution in [0, 0.1) is 0 Å². The Kier molecular flexibility index (Phi) is 4.99. The van der Waals surface area contributed by atoms with Crippen molar-refractivity contribution in [2.24, 2.45) is 0 Å². The zero-order chi connectivity index (χ0) is 16.4. The minimum Gasteiger partial charge on any atom is -0.327 e. The van der Waals surface area contributed by atoms with Gasteiger partial charge in [-0.25, -0.2) is 4.98 Å². The van der Waals surface area contributed by atoms with E-state index in [0.29, 0.717) is 33.2 Å². The third-order valence-electron chi connectivity index (χ3n) is 3.64. The molecule has 1 aromatic carbocycles. The van der Waals surface area contributed by atoms with Crippen molar-refractivity contribution in [1.82, 2.24) is 9.88 Å². The van der Waals surface area contributed by atoms with Crippen molar-refractivity contribution in [2.45, 2.75) is 18.9 Å². The lowest BCUT2D eigenvalue weighted by atomic mass is 10.1. The minimum atomic E-state index is -0.489. The van der Waals surface area contributed by atoms with E-state index in [1.165, 1.54) is 11.3 Å². The number of benzene rings is 1. The Hall–Kier alpha value is -1.44. The molecule has 1 atom stereocenters. The van der Waals surface area contributed by atoms with E-state index in [2.05, 4.69) is 26.2 Å². The van der Waals surface area contributed by atoms with E-state index in [4.69, 9.17) is 11.6 Å². The van der Waals surface area contributed by atoms with Gasteiger partial charge < -0.3 is 10.2 Å². The van der Waals surface area contributed by atoms with Crippen LogP contribution in [0.4, 0.5) is 5.13 Å². The highest BCUT2D eigenvalue weighted by atomic mass is 79.9. The molecule has 0 bridgehead atoms. The number of rotatable bonds is 3. The summed E-state index contributed by atoms with van der Waals surface area (Å²) in [4.78, 5) is 30.9. The maximum absolute atomic E-state index is 12.8. The van der Waals surface area contributed by atoms with Gasteiger partial charge in [0, 0.05) is 27.6 Å². The van der Waals surface area contributed by atoms with Gasteiger partial charge >= 0.3 is 0 Å². The lowest BCUT2D eigenvalue weighted by Gasteiger charge is -2.24. The van der Waals surface area contributed by atoms with Gasteiger partial charge in [-0.2, -0.15) is 0 Å². The first kappa shape index (κ1) is 16.4. The number of hydrogen-bond donors (Lipinski definition) is 1. The van der Waals surface area contributed by atoms with Crippen molar-refractivity contribution in [3.8, 4) is 0 Å². The standard InChI is InChI=1S/C15H13BrClN3O2S/c16-11-4-3-9(17)8-10(11)14(22)20-6-1-2-12(20)13(21)19-15-18-5-7-23-15/h3-5,7-8,12H,1-2,6H2,(H,18,19,21). The number of amides is 2. The third-order valence-corrected chi connectivity index (χ3v) is 5.25. The maximum Gasteiger partial charge on any atom is 0.255 e. The number of halogens is 2. The molecule has 2 aromatic rings. The van der Waals surface area contributed by atoms with Crippen LogP contribution >= 0.6 is 38.9 Å². The normalized spacial score (nSPS) is 17.3. The molecule has 2 amide bonds. The Balaban J connectivity index is 1.79. The van der Waals surface area contributed by atoms with E-state index in [1.807, 2.05) is 0 Å². The average molecular weight is 415 g/mol.